The number of allylic oxidation sites excluding steroid dienone is 3. The molecule has 0 N–H and O–H groups in total. The molecule has 23 heavy (non-hydrogen) atoms. The van der Waals surface area contributed by atoms with Crippen LogP contribution >= 0.6 is 11.3 Å². The monoisotopic (exact) mass is 324 g/mol. The van der Waals surface area contributed by atoms with Crippen molar-refractivity contribution in [1.29, 1.82) is 0 Å². The van der Waals surface area contributed by atoms with E-state index in [1.807, 2.05) is 11.3 Å². The van der Waals surface area contributed by atoms with Crippen LogP contribution in [0, 0.1) is 20.8 Å². The largest absolute Gasteiger partial charge is 0.149 e. The van der Waals surface area contributed by atoms with Crippen molar-refractivity contribution in [2.45, 2.75) is 54.4 Å². The molecular formula is C22H28S. The van der Waals surface area contributed by atoms with E-state index < -0.39 is 0 Å². The van der Waals surface area contributed by atoms with Crippen molar-refractivity contribution in [3.8, 4) is 0 Å². The fraction of sp³-hybridized carbons (Fsp3) is 0.364. The second kappa shape index (κ2) is 7.79. The Morgan fingerprint density at radius 2 is 1.83 bits per heavy atom. The lowest BCUT2D eigenvalue weighted by molar-refractivity contribution is 1.04. The molecule has 0 fully saturated rings. The molecule has 0 nitrogen and oxygen atoms in total. The van der Waals surface area contributed by atoms with Crippen molar-refractivity contribution >= 4 is 23.0 Å². The molecule has 1 heteroatoms. The van der Waals surface area contributed by atoms with Gasteiger partial charge in [0.25, 0.3) is 0 Å². The second-order valence-electron chi connectivity index (χ2n) is 6.56. The normalized spacial score (nSPS) is 11.7. The quantitative estimate of drug-likeness (QED) is 0.539. The lowest BCUT2D eigenvalue weighted by atomic mass is 9.89. The molecule has 0 bridgehead atoms. The maximum Gasteiger partial charge on any atom is 0.00865 e. The zero-order valence-electron chi connectivity index (χ0n) is 15.3. The van der Waals surface area contributed by atoms with Crippen LogP contribution in [0.2, 0.25) is 0 Å². The molecule has 0 aliphatic carbocycles. The highest BCUT2D eigenvalue weighted by Gasteiger charge is 2.10. The van der Waals surface area contributed by atoms with Crippen molar-refractivity contribution in [2.75, 3.05) is 0 Å². The van der Waals surface area contributed by atoms with Gasteiger partial charge in [0, 0.05) is 4.88 Å². The third-order valence-electron chi connectivity index (χ3n) is 4.44. The molecule has 0 aliphatic heterocycles. The Balaban J connectivity index is 2.40. The lowest BCUT2D eigenvalue weighted by Crippen LogP contribution is -1.95. The Kier molecular flexibility index (Phi) is 6.01. The van der Waals surface area contributed by atoms with E-state index in [0.29, 0.717) is 0 Å². The minimum absolute atomic E-state index is 1.04. The molecule has 0 unspecified atom stereocenters. The summed E-state index contributed by atoms with van der Waals surface area (Å²) in [7, 11) is 0. The maximum absolute atomic E-state index is 2.39. The first-order valence-corrected chi connectivity index (χ1v) is 9.27. The molecule has 0 spiro atoms. The molecule has 0 saturated heterocycles. The van der Waals surface area contributed by atoms with Crippen molar-refractivity contribution in [2.24, 2.45) is 0 Å². The molecular weight excluding hydrogens is 296 g/mol. The fourth-order valence-electron chi connectivity index (χ4n) is 2.87. The fourth-order valence-corrected chi connectivity index (χ4v) is 3.55. The first-order valence-electron chi connectivity index (χ1n) is 8.39. The van der Waals surface area contributed by atoms with Gasteiger partial charge in [-0.1, -0.05) is 47.9 Å². The van der Waals surface area contributed by atoms with Crippen molar-refractivity contribution < 1.29 is 0 Å². The van der Waals surface area contributed by atoms with Crippen molar-refractivity contribution in [3.63, 3.8) is 0 Å². The molecule has 122 valence electrons. The van der Waals surface area contributed by atoms with Crippen LogP contribution in [0.3, 0.4) is 0 Å². The summed E-state index contributed by atoms with van der Waals surface area (Å²) >= 11 is 1.83. The smallest absolute Gasteiger partial charge is 0.00865 e. The molecule has 1 heterocycles. The van der Waals surface area contributed by atoms with Gasteiger partial charge in [-0.3, -0.25) is 0 Å². The number of aryl methyl sites for hydroxylation is 3. The van der Waals surface area contributed by atoms with Crippen LogP contribution < -0.4 is 0 Å². The number of benzene rings is 1. The lowest BCUT2D eigenvalue weighted by Gasteiger charge is -2.16. The Bertz CT molecular complexity index is 737. The highest BCUT2D eigenvalue weighted by Crippen LogP contribution is 2.31. The predicted octanol–water partition coefficient (Wildman–Crippen LogP) is 7.35. The van der Waals surface area contributed by atoms with E-state index in [2.05, 4.69) is 77.3 Å². The first-order chi connectivity index (χ1) is 10.9. The Morgan fingerprint density at radius 1 is 1.09 bits per heavy atom. The van der Waals surface area contributed by atoms with Gasteiger partial charge in [0.15, 0.2) is 0 Å². The van der Waals surface area contributed by atoms with E-state index in [1.54, 1.807) is 0 Å². The molecule has 0 radical (unpaired) electrons. The number of rotatable bonds is 5. The third kappa shape index (κ3) is 4.45. The van der Waals surface area contributed by atoms with E-state index in [9.17, 15) is 0 Å². The first kappa shape index (κ1) is 17.7. The number of hydrogen-bond acceptors (Lipinski definition) is 1. The Morgan fingerprint density at radius 3 is 2.39 bits per heavy atom. The molecule has 0 atom stereocenters. The van der Waals surface area contributed by atoms with Crippen LogP contribution in [-0.2, 0) is 0 Å². The summed E-state index contributed by atoms with van der Waals surface area (Å²) in [4.78, 5) is 1.40. The highest BCUT2D eigenvalue weighted by molar-refractivity contribution is 7.10. The summed E-state index contributed by atoms with van der Waals surface area (Å²) in [5.41, 5.74) is 9.89. The SMILES string of the molecule is CC/C(=C\c1ccsc1C)CC(=C(C)C)c1cc(C)ccc1C. The second-order valence-corrected chi connectivity index (χ2v) is 7.68. The van der Waals surface area contributed by atoms with Crippen LogP contribution in [0.15, 0.2) is 40.8 Å². The summed E-state index contributed by atoms with van der Waals surface area (Å²) in [6.07, 6.45) is 4.52. The summed E-state index contributed by atoms with van der Waals surface area (Å²) in [5.74, 6) is 0. The van der Waals surface area contributed by atoms with Crippen molar-refractivity contribution in [1.82, 2.24) is 0 Å². The Hall–Kier alpha value is -1.60. The average Bonchev–Trinajstić information content (AvgIpc) is 2.91. The Labute approximate surface area is 145 Å². The van der Waals surface area contributed by atoms with Gasteiger partial charge in [-0.25, -0.2) is 0 Å². The van der Waals surface area contributed by atoms with Crippen LogP contribution in [0.5, 0.6) is 0 Å². The van der Waals surface area contributed by atoms with Crippen LogP contribution in [0.4, 0.5) is 0 Å². The van der Waals surface area contributed by atoms with Gasteiger partial charge >= 0.3 is 0 Å². The van der Waals surface area contributed by atoms with Crippen LogP contribution in [0.1, 0.15) is 60.7 Å². The summed E-state index contributed by atoms with van der Waals surface area (Å²) in [5, 5.41) is 2.18. The molecule has 0 aliphatic rings. The van der Waals surface area contributed by atoms with Gasteiger partial charge in [-0.2, -0.15) is 0 Å². The van der Waals surface area contributed by atoms with E-state index in [0.717, 1.165) is 12.8 Å². The van der Waals surface area contributed by atoms with E-state index in [1.165, 1.54) is 43.9 Å². The predicted molar refractivity (Wildman–Crippen MR) is 106 cm³/mol. The summed E-state index contributed by atoms with van der Waals surface area (Å²) < 4.78 is 0. The molecule has 1 aromatic carbocycles. The zero-order chi connectivity index (χ0) is 17.0. The minimum atomic E-state index is 1.04. The maximum atomic E-state index is 2.39. The summed E-state index contributed by atoms with van der Waals surface area (Å²) in [6, 6.07) is 9.01. The van der Waals surface area contributed by atoms with Gasteiger partial charge < -0.3 is 0 Å². The van der Waals surface area contributed by atoms with Gasteiger partial charge in [-0.05, 0) is 81.2 Å². The minimum Gasteiger partial charge on any atom is -0.149 e. The zero-order valence-corrected chi connectivity index (χ0v) is 16.1. The van der Waals surface area contributed by atoms with Crippen LogP contribution in [0.25, 0.3) is 11.6 Å². The molecule has 2 aromatic rings. The topological polar surface area (TPSA) is 0 Å². The highest BCUT2D eigenvalue weighted by atomic mass is 32.1. The molecule has 1 aromatic heterocycles. The van der Waals surface area contributed by atoms with E-state index in [4.69, 9.17) is 0 Å². The summed E-state index contributed by atoms with van der Waals surface area (Å²) in [6.45, 7) is 13.3. The van der Waals surface area contributed by atoms with Gasteiger partial charge in [0.2, 0.25) is 0 Å². The van der Waals surface area contributed by atoms with Gasteiger partial charge in [-0.15, -0.1) is 11.3 Å². The number of thiophene rings is 1. The van der Waals surface area contributed by atoms with Crippen LogP contribution in [-0.4, -0.2) is 0 Å². The van der Waals surface area contributed by atoms with E-state index >= 15 is 0 Å². The third-order valence-corrected chi connectivity index (χ3v) is 5.30. The molecule has 0 amide bonds. The standard InChI is InChI=1S/C22H28S/c1-7-19(13-20-10-11-23-18(20)6)14-21(15(2)3)22-12-16(4)8-9-17(22)5/h8-13H,7,14H2,1-6H3/b19-13+. The number of hydrogen-bond donors (Lipinski definition) is 0. The molecule has 0 saturated carbocycles. The van der Waals surface area contributed by atoms with Crippen molar-refractivity contribution in [3.05, 3.63) is 67.9 Å². The van der Waals surface area contributed by atoms with E-state index in [-0.39, 0.29) is 0 Å². The average molecular weight is 325 g/mol. The molecule has 2 rings (SSSR count). The van der Waals surface area contributed by atoms with Gasteiger partial charge in [0.1, 0.15) is 0 Å². The van der Waals surface area contributed by atoms with Gasteiger partial charge in [0.05, 0.1) is 0 Å².